The molecular formula is C14H14N4. The second-order valence-corrected chi connectivity index (χ2v) is 4.14. The molecule has 1 aromatic carbocycles. The van der Waals surface area contributed by atoms with E-state index in [9.17, 15) is 0 Å². The average molecular weight is 238 g/mol. The number of hydrogen-bond donors (Lipinski definition) is 2. The number of benzene rings is 1. The van der Waals surface area contributed by atoms with Gasteiger partial charge in [-0.2, -0.15) is 0 Å². The van der Waals surface area contributed by atoms with Gasteiger partial charge in [0.1, 0.15) is 17.8 Å². The molecule has 2 heterocycles. The molecule has 0 unspecified atom stereocenters. The molecule has 4 nitrogen and oxygen atoms in total. The molecule has 0 saturated carbocycles. The molecule has 0 spiro atoms. The van der Waals surface area contributed by atoms with Crippen LogP contribution in [0.5, 0.6) is 0 Å². The Morgan fingerprint density at radius 1 is 1.11 bits per heavy atom. The topological polar surface area (TPSA) is 53.6 Å². The highest BCUT2D eigenvalue weighted by Gasteiger charge is 2.04. The predicted molar refractivity (Wildman–Crippen MR) is 73.0 cm³/mol. The van der Waals surface area contributed by atoms with E-state index in [1.54, 1.807) is 6.33 Å². The Bertz CT molecular complexity index is 655. The SMILES string of the molecule is CCc1ccc(Nc2ncnc3[nH]ccc23)cc1. The molecule has 4 heteroatoms. The van der Waals surface area contributed by atoms with Crippen molar-refractivity contribution in [2.24, 2.45) is 0 Å². The van der Waals surface area contributed by atoms with Gasteiger partial charge in [-0.25, -0.2) is 9.97 Å². The van der Waals surface area contributed by atoms with E-state index in [1.165, 1.54) is 5.56 Å². The number of rotatable bonds is 3. The Balaban J connectivity index is 1.93. The number of H-pyrrole nitrogens is 1. The van der Waals surface area contributed by atoms with Crippen molar-refractivity contribution in [2.75, 3.05) is 5.32 Å². The zero-order chi connectivity index (χ0) is 12.4. The van der Waals surface area contributed by atoms with Crippen LogP contribution in [0.3, 0.4) is 0 Å². The Hall–Kier alpha value is -2.36. The fraction of sp³-hybridized carbons (Fsp3) is 0.143. The first kappa shape index (κ1) is 10.8. The summed E-state index contributed by atoms with van der Waals surface area (Å²) < 4.78 is 0. The quantitative estimate of drug-likeness (QED) is 0.736. The Morgan fingerprint density at radius 3 is 2.72 bits per heavy atom. The molecular weight excluding hydrogens is 224 g/mol. The summed E-state index contributed by atoms with van der Waals surface area (Å²) in [5, 5.41) is 4.31. The number of nitrogens with one attached hydrogen (secondary N) is 2. The van der Waals surface area contributed by atoms with Gasteiger partial charge < -0.3 is 10.3 Å². The molecule has 0 aliphatic carbocycles. The van der Waals surface area contributed by atoms with E-state index in [-0.39, 0.29) is 0 Å². The lowest BCUT2D eigenvalue weighted by atomic mass is 10.1. The van der Waals surface area contributed by atoms with Gasteiger partial charge in [0.2, 0.25) is 0 Å². The average Bonchev–Trinajstić information content (AvgIpc) is 2.89. The Labute approximate surface area is 105 Å². The molecule has 0 saturated heterocycles. The van der Waals surface area contributed by atoms with E-state index in [0.717, 1.165) is 29.0 Å². The maximum atomic E-state index is 4.27. The summed E-state index contributed by atoms with van der Waals surface area (Å²) >= 11 is 0. The van der Waals surface area contributed by atoms with Crippen molar-refractivity contribution in [3.05, 3.63) is 48.4 Å². The molecule has 0 fully saturated rings. The molecule has 90 valence electrons. The first-order valence-corrected chi connectivity index (χ1v) is 6.01. The number of fused-ring (bicyclic) bond motifs is 1. The number of hydrogen-bond acceptors (Lipinski definition) is 3. The van der Waals surface area contributed by atoms with E-state index >= 15 is 0 Å². The third-order valence-corrected chi connectivity index (χ3v) is 2.98. The van der Waals surface area contributed by atoms with Crippen molar-refractivity contribution < 1.29 is 0 Å². The molecule has 0 aliphatic heterocycles. The van der Waals surface area contributed by atoms with Gasteiger partial charge in [-0.15, -0.1) is 0 Å². The summed E-state index contributed by atoms with van der Waals surface area (Å²) in [6, 6.07) is 10.4. The van der Waals surface area contributed by atoms with Crippen molar-refractivity contribution >= 4 is 22.5 Å². The first-order valence-electron chi connectivity index (χ1n) is 6.01. The summed E-state index contributed by atoms with van der Waals surface area (Å²) in [7, 11) is 0. The minimum atomic E-state index is 0.825. The smallest absolute Gasteiger partial charge is 0.143 e. The number of aryl methyl sites for hydroxylation is 1. The van der Waals surface area contributed by atoms with Crippen molar-refractivity contribution in [3.63, 3.8) is 0 Å². The van der Waals surface area contributed by atoms with Gasteiger partial charge in [0.15, 0.2) is 0 Å². The zero-order valence-corrected chi connectivity index (χ0v) is 10.1. The largest absolute Gasteiger partial charge is 0.346 e. The standard InChI is InChI=1S/C14H14N4/c1-2-10-3-5-11(6-4-10)18-14-12-7-8-15-13(12)16-9-17-14/h3-9H,2H2,1H3,(H2,15,16,17,18). The Morgan fingerprint density at radius 2 is 1.94 bits per heavy atom. The monoisotopic (exact) mass is 238 g/mol. The molecule has 18 heavy (non-hydrogen) atoms. The van der Waals surface area contributed by atoms with Crippen LogP contribution in [0.15, 0.2) is 42.9 Å². The van der Waals surface area contributed by atoms with Crippen LogP contribution in [-0.2, 0) is 6.42 Å². The summed E-state index contributed by atoms with van der Waals surface area (Å²) in [6.45, 7) is 2.15. The van der Waals surface area contributed by atoms with Gasteiger partial charge in [-0.1, -0.05) is 19.1 Å². The summed E-state index contributed by atoms with van der Waals surface area (Å²) in [5.41, 5.74) is 3.21. The molecule has 0 aliphatic rings. The third kappa shape index (κ3) is 1.93. The van der Waals surface area contributed by atoms with Gasteiger partial charge in [0.25, 0.3) is 0 Å². The summed E-state index contributed by atoms with van der Waals surface area (Å²) in [5.74, 6) is 0.825. The van der Waals surface area contributed by atoms with E-state index in [1.807, 2.05) is 12.3 Å². The minimum absolute atomic E-state index is 0.825. The predicted octanol–water partition coefficient (Wildman–Crippen LogP) is 3.26. The molecule has 2 aromatic heterocycles. The molecule has 0 atom stereocenters. The van der Waals surface area contributed by atoms with Crippen molar-refractivity contribution in [1.82, 2.24) is 15.0 Å². The lowest BCUT2D eigenvalue weighted by molar-refractivity contribution is 1.14. The molecule has 0 radical (unpaired) electrons. The normalized spacial score (nSPS) is 10.7. The van der Waals surface area contributed by atoms with Crippen LogP contribution in [0.4, 0.5) is 11.5 Å². The first-order chi connectivity index (χ1) is 8.86. The molecule has 3 rings (SSSR count). The van der Waals surface area contributed by atoms with Gasteiger partial charge in [-0.05, 0) is 30.2 Å². The van der Waals surface area contributed by atoms with Crippen molar-refractivity contribution in [3.8, 4) is 0 Å². The van der Waals surface area contributed by atoms with Gasteiger partial charge >= 0.3 is 0 Å². The van der Waals surface area contributed by atoms with Crippen LogP contribution >= 0.6 is 0 Å². The number of aromatic nitrogens is 3. The van der Waals surface area contributed by atoms with E-state index in [2.05, 4.69) is 51.5 Å². The van der Waals surface area contributed by atoms with Crippen LogP contribution in [0.2, 0.25) is 0 Å². The van der Waals surface area contributed by atoms with Crippen LogP contribution < -0.4 is 5.32 Å². The van der Waals surface area contributed by atoms with Gasteiger partial charge in [0, 0.05) is 11.9 Å². The van der Waals surface area contributed by atoms with E-state index < -0.39 is 0 Å². The van der Waals surface area contributed by atoms with Crippen LogP contribution in [0, 0.1) is 0 Å². The van der Waals surface area contributed by atoms with Crippen LogP contribution in [0.1, 0.15) is 12.5 Å². The zero-order valence-electron chi connectivity index (χ0n) is 10.1. The van der Waals surface area contributed by atoms with E-state index in [0.29, 0.717) is 0 Å². The third-order valence-electron chi connectivity index (χ3n) is 2.98. The maximum Gasteiger partial charge on any atom is 0.143 e. The number of anilines is 2. The second kappa shape index (κ2) is 4.49. The maximum absolute atomic E-state index is 4.27. The summed E-state index contributed by atoms with van der Waals surface area (Å²) in [4.78, 5) is 11.5. The van der Waals surface area contributed by atoms with Gasteiger partial charge in [0.05, 0.1) is 5.39 Å². The highest BCUT2D eigenvalue weighted by atomic mass is 15.0. The van der Waals surface area contributed by atoms with Crippen molar-refractivity contribution in [2.45, 2.75) is 13.3 Å². The lowest BCUT2D eigenvalue weighted by Crippen LogP contribution is -1.95. The van der Waals surface area contributed by atoms with Crippen LogP contribution in [0.25, 0.3) is 11.0 Å². The lowest BCUT2D eigenvalue weighted by Gasteiger charge is -2.06. The summed E-state index contributed by atoms with van der Waals surface area (Å²) in [6.07, 6.45) is 4.47. The van der Waals surface area contributed by atoms with E-state index in [4.69, 9.17) is 0 Å². The van der Waals surface area contributed by atoms with Crippen LogP contribution in [-0.4, -0.2) is 15.0 Å². The molecule has 0 amide bonds. The minimum Gasteiger partial charge on any atom is -0.346 e. The highest BCUT2D eigenvalue weighted by Crippen LogP contribution is 2.22. The Kier molecular flexibility index (Phi) is 2.68. The number of aromatic amines is 1. The molecule has 3 aromatic rings. The molecule has 2 N–H and O–H groups in total. The van der Waals surface area contributed by atoms with Crippen molar-refractivity contribution in [1.29, 1.82) is 0 Å². The highest BCUT2D eigenvalue weighted by molar-refractivity contribution is 5.88. The fourth-order valence-electron chi connectivity index (χ4n) is 1.93. The second-order valence-electron chi connectivity index (χ2n) is 4.14. The number of nitrogens with zero attached hydrogens (tertiary/aromatic N) is 2. The molecule has 0 bridgehead atoms. The fourth-order valence-corrected chi connectivity index (χ4v) is 1.93. The van der Waals surface area contributed by atoms with Gasteiger partial charge in [-0.3, -0.25) is 0 Å².